The normalized spacial score (nSPS) is 12.6. The van der Waals surface area contributed by atoms with E-state index in [0.717, 1.165) is 12.1 Å². The van der Waals surface area contributed by atoms with E-state index < -0.39 is 0 Å². The SMILES string of the molecule is CCC(Cc1nc(N)nc(N)n1)n1cnc(C)c1. The first-order valence-corrected chi connectivity index (χ1v) is 5.84. The maximum Gasteiger partial charge on any atom is 0.225 e. The third-order valence-electron chi connectivity index (χ3n) is 2.76. The van der Waals surface area contributed by atoms with Gasteiger partial charge in [0.05, 0.1) is 12.0 Å². The van der Waals surface area contributed by atoms with Crippen molar-refractivity contribution in [2.75, 3.05) is 11.5 Å². The first-order chi connectivity index (χ1) is 8.58. The number of nitrogens with zero attached hydrogens (tertiary/aromatic N) is 5. The largest absolute Gasteiger partial charge is 0.368 e. The van der Waals surface area contributed by atoms with E-state index in [0.29, 0.717) is 12.2 Å². The highest BCUT2D eigenvalue weighted by atomic mass is 15.1. The van der Waals surface area contributed by atoms with Crippen molar-refractivity contribution in [2.24, 2.45) is 0 Å². The number of anilines is 2. The molecule has 0 spiro atoms. The fraction of sp³-hybridized carbons (Fsp3) is 0.455. The Morgan fingerprint density at radius 1 is 1.22 bits per heavy atom. The number of nitrogens with two attached hydrogens (primary N) is 2. The maximum atomic E-state index is 5.56. The molecule has 2 rings (SSSR count). The van der Waals surface area contributed by atoms with Crippen LogP contribution in [0.15, 0.2) is 12.5 Å². The predicted molar refractivity (Wildman–Crippen MR) is 68.6 cm³/mol. The van der Waals surface area contributed by atoms with Crippen LogP contribution in [0.3, 0.4) is 0 Å². The Labute approximate surface area is 105 Å². The molecule has 0 aliphatic rings. The van der Waals surface area contributed by atoms with Crippen LogP contribution in [0.4, 0.5) is 11.9 Å². The van der Waals surface area contributed by atoms with Gasteiger partial charge in [-0.2, -0.15) is 15.0 Å². The molecule has 4 N–H and O–H groups in total. The van der Waals surface area contributed by atoms with Crippen molar-refractivity contribution < 1.29 is 0 Å². The van der Waals surface area contributed by atoms with Gasteiger partial charge in [0.1, 0.15) is 5.82 Å². The smallest absolute Gasteiger partial charge is 0.225 e. The van der Waals surface area contributed by atoms with Crippen molar-refractivity contribution in [3.63, 3.8) is 0 Å². The van der Waals surface area contributed by atoms with E-state index in [1.165, 1.54) is 0 Å². The minimum absolute atomic E-state index is 0.161. The average Bonchev–Trinajstić information content (AvgIpc) is 2.71. The zero-order valence-electron chi connectivity index (χ0n) is 10.5. The minimum atomic E-state index is 0.161. The van der Waals surface area contributed by atoms with E-state index in [1.807, 2.05) is 19.4 Å². The highest BCUT2D eigenvalue weighted by Crippen LogP contribution is 2.17. The Morgan fingerprint density at radius 2 is 1.89 bits per heavy atom. The van der Waals surface area contributed by atoms with Gasteiger partial charge in [0.25, 0.3) is 0 Å². The van der Waals surface area contributed by atoms with Gasteiger partial charge < -0.3 is 16.0 Å². The van der Waals surface area contributed by atoms with E-state index in [2.05, 4.69) is 31.4 Å². The number of imidazole rings is 1. The molecule has 0 bridgehead atoms. The second-order valence-electron chi connectivity index (χ2n) is 4.20. The molecule has 0 fully saturated rings. The molecule has 18 heavy (non-hydrogen) atoms. The van der Waals surface area contributed by atoms with Crippen LogP contribution in [-0.4, -0.2) is 24.5 Å². The molecule has 0 saturated carbocycles. The number of rotatable bonds is 4. The molecule has 96 valence electrons. The third-order valence-corrected chi connectivity index (χ3v) is 2.76. The Balaban J connectivity index is 2.20. The van der Waals surface area contributed by atoms with E-state index in [-0.39, 0.29) is 17.9 Å². The Morgan fingerprint density at radius 3 is 2.39 bits per heavy atom. The van der Waals surface area contributed by atoms with Crippen LogP contribution in [0.25, 0.3) is 0 Å². The van der Waals surface area contributed by atoms with Gasteiger partial charge in [0, 0.05) is 18.7 Å². The summed E-state index contributed by atoms with van der Waals surface area (Å²) in [5.41, 5.74) is 12.1. The summed E-state index contributed by atoms with van der Waals surface area (Å²) < 4.78 is 2.06. The number of hydrogen-bond donors (Lipinski definition) is 2. The molecular weight excluding hydrogens is 230 g/mol. The molecule has 0 radical (unpaired) electrons. The molecule has 0 amide bonds. The second-order valence-corrected chi connectivity index (χ2v) is 4.20. The molecule has 0 aliphatic carbocycles. The monoisotopic (exact) mass is 247 g/mol. The van der Waals surface area contributed by atoms with Crippen LogP contribution >= 0.6 is 0 Å². The van der Waals surface area contributed by atoms with Gasteiger partial charge in [-0.1, -0.05) is 6.92 Å². The van der Waals surface area contributed by atoms with Crippen molar-refractivity contribution in [1.29, 1.82) is 0 Å². The van der Waals surface area contributed by atoms with Gasteiger partial charge in [0.2, 0.25) is 11.9 Å². The lowest BCUT2D eigenvalue weighted by atomic mass is 10.1. The fourth-order valence-electron chi connectivity index (χ4n) is 1.86. The molecule has 0 aromatic carbocycles. The third kappa shape index (κ3) is 2.73. The molecular formula is C11H17N7. The first kappa shape index (κ1) is 12.3. The van der Waals surface area contributed by atoms with E-state index in [1.54, 1.807) is 0 Å². The van der Waals surface area contributed by atoms with Gasteiger partial charge in [-0.15, -0.1) is 0 Å². The van der Waals surface area contributed by atoms with Crippen molar-refractivity contribution in [2.45, 2.75) is 32.7 Å². The van der Waals surface area contributed by atoms with Crippen LogP contribution in [0.5, 0.6) is 0 Å². The lowest BCUT2D eigenvalue weighted by molar-refractivity contribution is 0.472. The molecule has 1 unspecified atom stereocenters. The molecule has 0 saturated heterocycles. The maximum absolute atomic E-state index is 5.56. The van der Waals surface area contributed by atoms with E-state index in [9.17, 15) is 0 Å². The number of aryl methyl sites for hydroxylation is 1. The topological polar surface area (TPSA) is 109 Å². The number of aromatic nitrogens is 5. The fourth-order valence-corrected chi connectivity index (χ4v) is 1.86. The van der Waals surface area contributed by atoms with Gasteiger partial charge in [0.15, 0.2) is 0 Å². The van der Waals surface area contributed by atoms with Crippen LogP contribution in [0.2, 0.25) is 0 Å². The molecule has 2 aromatic rings. The predicted octanol–water partition coefficient (Wildman–Crippen LogP) is 0.735. The second kappa shape index (κ2) is 4.99. The zero-order chi connectivity index (χ0) is 13.1. The Hall–Kier alpha value is -2.18. The number of hydrogen-bond acceptors (Lipinski definition) is 6. The van der Waals surface area contributed by atoms with Crippen LogP contribution in [0.1, 0.15) is 30.9 Å². The highest BCUT2D eigenvalue weighted by molar-refractivity contribution is 5.26. The van der Waals surface area contributed by atoms with Crippen molar-refractivity contribution in [3.05, 3.63) is 24.0 Å². The molecule has 0 aliphatic heterocycles. The molecule has 2 heterocycles. The van der Waals surface area contributed by atoms with Crippen LogP contribution in [-0.2, 0) is 6.42 Å². The van der Waals surface area contributed by atoms with Gasteiger partial charge >= 0.3 is 0 Å². The van der Waals surface area contributed by atoms with E-state index in [4.69, 9.17) is 11.5 Å². The summed E-state index contributed by atoms with van der Waals surface area (Å²) in [5, 5.41) is 0. The molecule has 2 aromatic heterocycles. The summed E-state index contributed by atoms with van der Waals surface area (Å²) in [6, 6.07) is 0.243. The lowest BCUT2D eigenvalue weighted by Crippen LogP contribution is -2.14. The lowest BCUT2D eigenvalue weighted by Gasteiger charge is -2.15. The van der Waals surface area contributed by atoms with Crippen molar-refractivity contribution in [3.8, 4) is 0 Å². The zero-order valence-corrected chi connectivity index (χ0v) is 10.5. The van der Waals surface area contributed by atoms with Crippen LogP contribution < -0.4 is 11.5 Å². The molecule has 7 heteroatoms. The summed E-state index contributed by atoms with van der Waals surface area (Å²) in [7, 11) is 0. The van der Waals surface area contributed by atoms with Gasteiger partial charge in [-0.25, -0.2) is 4.98 Å². The standard InChI is InChI=1S/C11H17N7/c1-3-8(18-5-7(2)14-6-18)4-9-15-10(12)17-11(13)16-9/h5-6,8H,3-4H2,1-2H3,(H4,12,13,15,16,17). The van der Waals surface area contributed by atoms with Gasteiger partial charge in [-0.3, -0.25) is 0 Å². The average molecular weight is 247 g/mol. The van der Waals surface area contributed by atoms with Crippen molar-refractivity contribution in [1.82, 2.24) is 24.5 Å². The summed E-state index contributed by atoms with van der Waals surface area (Å²) >= 11 is 0. The highest BCUT2D eigenvalue weighted by Gasteiger charge is 2.13. The first-order valence-electron chi connectivity index (χ1n) is 5.84. The van der Waals surface area contributed by atoms with Crippen molar-refractivity contribution >= 4 is 11.9 Å². The minimum Gasteiger partial charge on any atom is -0.368 e. The van der Waals surface area contributed by atoms with Gasteiger partial charge in [-0.05, 0) is 13.3 Å². The Kier molecular flexibility index (Phi) is 3.40. The van der Waals surface area contributed by atoms with Crippen LogP contribution in [0, 0.1) is 6.92 Å². The van der Waals surface area contributed by atoms with E-state index >= 15 is 0 Å². The Bertz CT molecular complexity index is 514. The molecule has 7 nitrogen and oxygen atoms in total. The summed E-state index contributed by atoms with van der Waals surface area (Å²) in [5.74, 6) is 0.932. The summed E-state index contributed by atoms with van der Waals surface area (Å²) in [4.78, 5) is 16.2. The summed E-state index contributed by atoms with van der Waals surface area (Å²) in [6.45, 7) is 4.07. The number of nitrogen functional groups attached to an aromatic ring is 2. The summed E-state index contributed by atoms with van der Waals surface area (Å²) in [6.07, 6.45) is 5.42. The molecule has 1 atom stereocenters. The quantitative estimate of drug-likeness (QED) is 0.824.